The molecule has 0 aromatic heterocycles. The van der Waals surface area contributed by atoms with Gasteiger partial charge in [0.15, 0.2) is 0 Å². The fourth-order valence-corrected chi connectivity index (χ4v) is 3.41. The molecule has 0 atom stereocenters. The van der Waals surface area contributed by atoms with E-state index >= 15 is 0 Å². The lowest BCUT2D eigenvalue weighted by atomic mass is 9.99. The molecule has 0 unspecified atom stereocenters. The third-order valence-corrected chi connectivity index (χ3v) is 4.88. The van der Waals surface area contributed by atoms with E-state index < -0.39 is 30.0 Å². The maximum Gasteiger partial charge on any atom is 0.295 e. The van der Waals surface area contributed by atoms with Crippen LogP contribution < -0.4 is 0 Å². The Kier molecular flexibility index (Phi) is 3.83. The summed E-state index contributed by atoms with van der Waals surface area (Å²) in [7, 11) is -9.21. The quantitative estimate of drug-likeness (QED) is 0.837. The molecule has 2 aromatic rings. The van der Waals surface area contributed by atoms with Crippen molar-refractivity contribution in [3.8, 4) is 0 Å². The summed E-state index contributed by atoms with van der Waals surface area (Å²) >= 11 is 0. The van der Waals surface area contributed by atoms with Crippen LogP contribution in [-0.2, 0) is 20.2 Å². The van der Waals surface area contributed by atoms with Gasteiger partial charge in [-0.05, 0) is 29.0 Å². The maximum atomic E-state index is 11.4. The zero-order valence-electron chi connectivity index (χ0n) is 11.3. The van der Waals surface area contributed by atoms with Crippen LogP contribution in [0, 0.1) is 0 Å². The minimum absolute atomic E-state index is 0.151. The maximum absolute atomic E-state index is 11.4. The molecule has 0 aliphatic heterocycles. The third-order valence-electron chi connectivity index (χ3n) is 3.15. The standard InChI is InChI=1S/C13H14O6S2/c1-8(2)9-3-4-12-10(5-9)6-11(20(14,15)16)7-13(12)21(17,18)19/h3-8H,1-2H3,(H,14,15,16)(H,17,18,19). The van der Waals surface area contributed by atoms with E-state index in [2.05, 4.69) is 0 Å². The van der Waals surface area contributed by atoms with Crippen molar-refractivity contribution in [1.82, 2.24) is 0 Å². The second-order valence-electron chi connectivity index (χ2n) is 5.01. The number of hydrogen-bond donors (Lipinski definition) is 2. The summed E-state index contributed by atoms with van der Waals surface area (Å²) in [5, 5.41) is 0.498. The minimum atomic E-state index is -4.62. The molecule has 21 heavy (non-hydrogen) atoms. The van der Waals surface area contributed by atoms with Crippen molar-refractivity contribution >= 4 is 31.0 Å². The first-order chi connectivity index (χ1) is 9.50. The smallest absolute Gasteiger partial charge is 0.282 e. The molecular weight excluding hydrogens is 316 g/mol. The molecule has 114 valence electrons. The fraction of sp³-hybridized carbons (Fsp3) is 0.231. The van der Waals surface area contributed by atoms with Crippen LogP contribution in [0.5, 0.6) is 0 Å². The Hall–Kier alpha value is -1.48. The highest BCUT2D eigenvalue weighted by atomic mass is 32.2. The molecule has 0 amide bonds. The molecule has 6 nitrogen and oxygen atoms in total. The monoisotopic (exact) mass is 330 g/mol. The molecule has 0 saturated carbocycles. The minimum Gasteiger partial charge on any atom is -0.282 e. The van der Waals surface area contributed by atoms with Crippen LogP contribution in [0.15, 0.2) is 40.1 Å². The van der Waals surface area contributed by atoms with Crippen molar-refractivity contribution < 1.29 is 25.9 Å². The van der Waals surface area contributed by atoms with Crippen LogP contribution in [0.1, 0.15) is 25.3 Å². The summed E-state index contributed by atoms with van der Waals surface area (Å²) < 4.78 is 63.7. The highest BCUT2D eigenvalue weighted by Gasteiger charge is 2.20. The second-order valence-corrected chi connectivity index (χ2v) is 7.82. The molecule has 0 aliphatic rings. The lowest BCUT2D eigenvalue weighted by Crippen LogP contribution is -2.04. The molecule has 2 N–H and O–H groups in total. The van der Waals surface area contributed by atoms with Crippen molar-refractivity contribution in [1.29, 1.82) is 0 Å². The summed E-state index contributed by atoms with van der Waals surface area (Å²) in [6, 6.07) is 6.74. The van der Waals surface area contributed by atoms with Gasteiger partial charge in [-0.25, -0.2) is 0 Å². The fourth-order valence-electron chi connectivity index (χ4n) is 2.05. The highest BCUT2D eigenvalue weighted by molar-refractivity contribution is 7.86. The Morgan fingerprint density at radius 2 is 1.52 bits per heavy atom. The van der Waals surface area contributed by atoms with Crippen molar-refractivity contribution in [2.24, 2.45) is 0 Å². The predicted octanol–water partition coefficient (Wildman–Crippen LogP) is 2.46. The van der Waals surface area contributed by atoms with Crippen LogP contribution in [0.3, 0.4) is 0 Å². The van der Waals surface area contributed by atoms with E-state index in [4.69, 9.17) is 4.55 Å². The van der Waals surface area contributed by atoms with Gasteiger partial charge in [0.1, 0.15) is 4.90 Å². The van der Waals surface area contributed by atoms with Crippen LogP contribution in [-0.4, -0.2) is 25.9 Å². The van der Waals surface area contributed by atoms with Gasteiger partial charge in [-0.15, -0.1) is 0 Å². The predicted molar refractivity (Wildman–Crippen MR) is 77.7 cm³/mol. The van der Waals surface area contributed by atoms with Gasteiger partial charge in [0, 0.05) is 5.39 Å². The zero-order chi connectivity index (χ0) is 16.0. The number of rotatable bonds is 3. The van der Waals surface area contributed by atoms with Crippen LogP contribution in [0.4, 0.5) is 0 Å². The molecule has 0 spiro atoms. The van der Waals surface area contributed by atoms with Gasteiger partial charge in [-0.2, -0.15) is 16.8 Å². The van der Waals surface area contributed by atoms with Gasteiger partial charge in [0.05, 0.1) is 4.90 Å². The first-order valence-corrected chi connectivity index (χ1v) is 8.91. The Bertz CT molecular complexity index is 911. The van der Waals surface area contributed by atoms with Crippen molar-refractivity contribution in [3.63, 3.8) is 0 Å². The summed E-state index contributed by atoms with van der Waals surface area (Å²) in [4.78, 5) is -1.13. The van der Waals surface area contributed by atoms with E-state index in [0.717, 1.165) is 11.6 Å². The highest BCUT2D eigenvalue weighted by Crippen LogP contribution is 2.29. The van der Waals surface area contributed by atoms with E-state index in [0.29, 0.717) is 5.39 Å². The van der Waals surface area contributed by atoms with E-state index in [1.165, 1.54) is 12.1 Å². The zero-order valence-corrected chi connectivity index (χ0v) is 12.9. The largest absolute Gasteiger partial charge is 0.295 e. The SMILES string of the molecule is CC(C)c1ccc2c(S(=O)(=O)O)cc(S(=O)(=O)O)cc2c1. The van der Waals surface area contributed by atoms with E-state index in [1.807, 2.05) is 13.8 Å². The Balaban J connectivity index is 2.95. The van der Waals surface area contributed by atoms with Gasteiger partial charge in [-0.3, -0.25) is 9.11 Å². The van der Waals surface area contributed by atoms with Gasteiger partial charge in [-0.1, -0.05) is 32.0 Å². The van der Waals surface area contributed by atoms with Crippen molar-refractivity contribution in [3.05, 3.63) is 35.9 Å². The van der Waals surface area contributed by atoms with E-state index in [1.54, 1.807) is 12.1 Å². The molecule has 0 fully saturated rings. The topological polar surface area (TPSA) is 109 Å². The average Bonchev–Trinajstić information content (AvgIpc) is 2.34. The lowest BCUT2D eigenvalue weighted by molar-refractivity contribution is 0.482. The van der Waals surface area contributed by atoms with Gasteiger partial charge < -0.3 is 0 Å². The molecule has 2 rings (SSSR count). The normalized spacial score (nSPS) is 13.0. The third kappa shape index (κ3) is 3.24. The summed E-state index contributed by atoms with van der Waals surface area (Å²) in [5.41, 5.74) is 0.872. The molecular formula is C13H14O6S2. The lowest BCUT2D eigenvalue weighted by Gasteiger charge is -2.10. The van der Waals surface area contributed by atoms with Gasteiger partial charge >= 0.3 is 0 Å². The van der Waals surface area contributed by atoms with Crippen LogP contribution in [0.2, 0.25) is 0 Å². The first kappa shape index (κ1) is 15.9. The molecule has 8 heteroatoms. The van der Waals surface area contributed by atoms with Crippen LogP contribution in [0.25, 0.3) is 10.8 Å². The summed E-state index contributed by atoms with van der Waals surface area (Å²) in [6.07, 6.45) is 0. The molecule has 0 heterocycles. The van der Waals surface area contributed by atoms with Gasteiger partial charge in [0.25, 0.3) is 20.2 Å². The number of fused-ring (bicyclic) bond motifs is 1. The van der Waals surface area contributed by atoms with E-state index in [-0.39, 0.29) is 11.3 Å². The number of benzene rings is 2. The summed E-state index contributed by atoms with van der Waals surface area (Å²) in [6.45, 7) is 3.86. The molecule has 0 aliphatic carbocycles. The molecule has 0 saturated heterocycles. The van der Waals surface area contributed by atoms with Gasteiger partial charge in [0.2, 0.25) is 0 Å². The van der Waals surface area contributed by atoms with Crippen LogP contribution >= 0.6 is 0 Å². The number of hydrogen-bond acceptors (Lipinski definition) is 4. The Morgan fingerprint density at radius 1 is 0.905 bits per heavy atom. The second kappa shape index (κ2) is 5.06. The Morgan fingerprint density at radius 3 is 2.00 bits per heavy atom. The molecule has 0 radical (unpaired) electrons. The Labute approximate surface area is 122 Å². The molecule has 0 bridgehead atoms. The molecule has 2 aromatic carbocycles. The average molecular weight is 330 g/mol. The van der Waals surface area contributed by atoms with Crippen molar-refractivity contribution in [2.75, 3.05) is 0 Å². The van der Waals surface area contributed by atoms with E-state index in [9.17, 15) is 21.4 Å². The van der Waals surface area contributed by atoms with Crippen molar-refractivity contribution in [2.45, 2.75) is 29.6 Å². The first-order valence-electron chi connectivity index (χ1n) is 6.03. The summed E-state index contributed by atoms with van der Waals surface area (Å²) in [5.74, 6) is 0.151.